The van der Waals surface area contributed by atoms with Gasteiger partial charge in [0, 0.05) is 32.1 Å². The Morgan fingerprint density at radius 2 is 1.89 bits per heavy atom. The number of carbonyl (C=O) groups is 1. The zero-order chi connectivity index (χ0) is 18.7. The number of amides is 1. The molecular formula is C20H25Cl2FN4O. The SMILES string of the molecule is CC(C(=O)NCCc1nc2cc(F)ccc2n1C)C(N)c1ccccc1.Cl.Cl. The molecule has 3 aromatic rings. The quantitative estimate of drug-likeness (QED) is 0.632. The number of carbonyl (C=O) groups excluding carboxylic acids is 1. The molecule has 2 aromatic carbocycles. The molecule has 1 heterocycles. The smallest absolute Gasteiger partial charge is 0.224 e. The first-order chi connectivity index (χ1) is 12.5. The van der Waals surface area contributed by atoms with Crippen LogP contribution in [0, 0.1) is 11.7 Å². The first-order valence-electron chi connectivity index (χ1n) is 8.66. The van der Waals surface area contributed by atoms with Crippen molar-refractivity contribution in [3.63, 3.8) is 0 Å². The number of imidazole rings is 1. The number of fused-ring (bicyclic) bond motifs is 1. The summed E-state index contributed by atoms with van der Waals surface area (Å²) in [7, 11) is 1.89. The van der Waals surface area contributed by atoms with Crippen LogP contribution in [0.1, 0.15) is 24.4 Å². The fourth-order valence-electron chi connectivity index (χ4n) is 3.03. The Kier molecular flexibility index (Phi) is 8.88. The van der Waals surface area contributed by atoms with Crippen molar-refractivity contribution in [3.8, 4) is 0 Å². The molecule has 0 radical (unpaired) electrons. The number of halogens is 3. The lowest BCUT2D eigenvalue weighted by atomic mass is 9.95. The van der Waals surface area contributed by atoms with Gasteiger partial charge in [-0.2, -0.15) is 0 Å². The molecular weight excluding hydrogens is 402 g/mol. The van der Waals surface area contributed by atoms with E-state index in [9.17, 15) is 9.18 Å². The monoisotopic (exact) mass is 426 g/mol. The summed E-state index contributed by atoms with van der Waals surface area (Å²) in [6.45, 7) is 2.27. The van der Waals surface area contributed by atoms with Crippen molar-refractivity contribution in [1.29, 1.82) is 0 Å². The van der Waals surface area contributed by atoms with Crippen LogP contribution >= 0.6 is 24.8 Å². The summed E-state index contributed by atoms with van der Waals surface area (Å²) in [5.41, 5.74) is 8.62. The van der Waals surface area contributed by atoms with Gasteiger partial charge in [0.15, 0.2) is 0 Å². The van der Waals surface area contributed by atoms with Gasteiger partial charge in [0.2, 0.25) is 5.91 Å². The average molecular weight is 427 g/mol. The molecule has 0 saturated heterocycles. The van der Waals surface area contributed by atoms with Crippen LogP contribution in [-0.4, -0.2) is 22.0 Å². The van der Waals surface area contributed by atoms with E-state index in [-0.39, 0.29) is 48.5 Å². The Hall–Kier alpha value is -2.15. The van der Waals surface area contributed by atoms with Crippen molar-refractivity contribution in [2.24, 2.45) is 18.7 Å². The van der Waals surface area contributed by atoms with Crippen molar-refractivity contribution in [3.05, 3.63) is 65.7 Å². The number of aryl methyl sites for hydroxylation is 1. The molecule has 0 spiro atoms. The molecule has 2 unspecified atom stereocenters. The molecule has 0 aliphatic heterocycles. The summed E-state index contributed by atoms with van der Waals surface area (Å²) < 4.78 is 15.2. The van der Waals surface area contributed by atoms with Crippen molar-refractivity contribution in [1.82, 2.24) is 14.9 Å². The van der Waals surface area contributed by atoms with E-state index < -0.39 is 0 Å². The van der Waals surface area contributed by atoms with Gasteiger partial charge in [-0.15, -0.1) is 24.8 Å². The highest BCUT2D eigenvalue weighted by atomic mass is 35.5. The van der Waals surface area contributed by atoms with Crippen LogP contribution in [0.15, 0.2) is 48.5 Å². The Morgan fingerprint density at radius 1 is 1.21 bits per heavy atom. The predicted molar refractivity (Wildman–Crippen MR) is 114 cm³/mol. The number of benzene rings is 2. The van der Waals surface area contributed by atoms with Crippen molar-refractivity contribution in [2.75, 3.05) is 6.54 Å². The minimum absolute atomic E-state index is 0. The van der Waals surface area contributed by atoms with Crippen LogP contribution in [0.3, 0.4) is 0 Å². The molecule has 0 aliphatic carbocycles. The molecule has 0 fully saturated rings. The average Bonchev–Trinajstić information content (AvgIpc) is 2.96. The Labute approximate surface area is 176 Å². The predicted octanol–water partition coefficient (Wildman–Crippen LogP) is 3.55. The van der Waals surface area contributed by atoms with Crippen LogP contribution < -0.4 is 11.1 Å². The van der Waals surface area contributed by atoms with Crippen LogP contribution in [0.5, 0.6) is 0 Å². The highest BCUT2D eigenvalue weighted by molar-refractivity contribution is 5.85. The third-order valence-electron chi connectivity index (χ3n) is 4.72. The molecule has 0 bridgehead atoms. The van der Waals surface area contributed by atoms with Crippen LogP contribution in [0.25, 0.3) is 11.0 Å². The van der Waals surface area contributed by atoms with Crippen LogP contribution in [0.4, 0.5) is 4.39 Å². The topological polar surface area (TPSA) is 72.9 Å². The molecule has 5 nitrogen and oxygen atoms in total. The zero-order valence-electron chi connectivity index (χ0n) is 15.8. The third kappa shape index (κ3) is 5.22. The molecule has 1 aromatic heterocycles. The Bertz CT molecular complexity index is 917. The number of hydrogen-bond acceptors (Lipinski definition) is 3. The van der Waals surface area contributed by atoms with E-state index in [1.807, 2.05) is 48.9 Å². The minimum Gasteiger partial charge on any atom is -0.355 e. The highest BCUT2D eigenvalue weighted by Gasteiger charge is 2.21. The molecule has 8 heteroatoms. The van der Waals surface area contributed by atoms with Gasteiger partial charge in [-0.05, 0) is 17.7 Å². The fraction of sp³-hybridized carbons (Fsp3) is 0.300. The van der Waals surface area contributed by atoms with E-state index in [1.165, 1.54) is 12.1 Å². The standard InChI is InChI=1S/C20H23FN4O.2ClH/c1-13(19(22)14-6-4-3-5-7-14)20(26)23-11-10-18-24-16-12-15(21)8-9-17(16)25(18)2;;/h3-9,12-13,19H,10-11,22H2,1-2H3,(H,23,26);2*1H. The number of nitrogens with zero attached hydrogens (tertiary/aromatic N) is 2. The summed E-state index contributed by atoms with van der Waals surface area (Å²) in [6, 6.07) is 13.8. The lowest BCUT2D eigenvalue weighted by Crippen LogP contribution is -2.36. The lowest BCUT2D eigenvalue weighted by molar-refractivity contribution is -0.125. The van der Waals surface area contributed by atoms with Gasteiger partial charge in [0.25, 0.3) is 0 Å². The third-order valence-corrected chi connectivity index (χ3v) is 4.72. The summed E-state index contributed by atoms with van der Waals surface area (Å²) in [4.78, 5) is 16.8. The van der Waals surface area contributed by atoms with Crippen molar-refractivity contribution < 1.29 is 9.18 Å². The van der Waals surface area contributed by atoms with Gasteiger partial charge in [-0.25, -0.2) is 9.37 Å². The first-order valence-corrected chi connectivity index (χ1v) is 8.66. The van der Waals surface area contributed by atoms with Crippen molar-refractivity contribution >= 4 is 41.8 Å². The molecule has 0 aliphatic rings. The number of rotatable bonds is 6. The molecule has 28 heavy (non-hydrogen) atoms. The van der Waals surface area contributed by atoms with Crippen molar-refractivity contribution in [2.45, 2.75) is 19.4 Å². The van der Waals surface area contributed by atoms with E-state index in [4.69, 9.17) is 5.73 Å². The van der Waals surface area contributed by atoms with E-state index in [0.717, 1.165) is 16.9 Å². The summed E-state index contributed by atoms with van der Waals surface area (Å²) >= 11 is 0. The number of nitrogens with two attached hydrogens (primary N) is 1. The minimum atomic E-state index is -0.352. The second-order valence-electron chi connectivity index (χ2n) is 6.49. The van der Waals surface area contributed by atoms with Crippen LogP contribution in [-0.2, 0) is 18.3 Å². The second kappa shape index (κ2) is 10.4. The maximum atomic E-state index is 13.3. The van der Waals surface area contributed by atoms with E-state index in [2.05, 4.69) is 10.3 Å². The van der Waals surface area contributed by atoms with Crippen LogP contribution in [0.2, 0.25) is 0 Å². The summed E-state index contributed by atoms with van der Waals surface area (Å²) in [5, 5.41) is 2.92. The van der Waals surface area contributed by atoms with Gasteiger partial charge in [-0.1, -0.05) is 37.3 Å². The molecule has 2 atom stereocenters. The van der Waals surface area contributed by atoms with Gasteiger partial charge in [-0.3, -0.25) is 4.79 Å². The fourth-order valence-corrected chi connectivity index (χ4v) is 3.03. The van der Waals surface area contributed by atoms with Gasteiger partial charge in [0.05, 0.1) is 17.0 Å². The lowest BCUT2D eigenvalue weighted by Gasteiger charge is -2.19. The normalized spacial score (nSPS) is 12.6. The number of nitrogens with one attached hydrogen (secondary N) is 1. The van der Waals surface area contributed by atoms with Gasteiger partial charge >= 0.3 is 0 Å². The van der Waals surface area contributed by atoms with E-state index in [1.54, 1.807) is 6.07 Å². The first kappa shape index (κ1) is 23.9. The molecule has 3 N–H and O–H groups in total. The number of hydrogen-bond donors (Lipinski definition) is 2. The number of aromatic nitrogens is 2. The Morgan fingerprint density at radius 3 is 2.57 bits per heavy atom. The summed E-state index contributed by atoms with van der Waals surface area (Å²) in [5.74, 6) is 0.0585. The van der Waals surface area contributed by atoms with Gasteiger partial charge in [0.1, 0.15) is 11.6 Å². The molecule has 3 rings (SSSR count). The van der Waals surface area contributed by atoms with E-state index in [0.29, 0.717) is 18.5 Å². The maximum absolute atomic E-state index is 13.3. The molecule has 0 saturated carbocycles. The zero-order valence-corrected chi connectivity index (χ0v) is 17.4. The second-order valence-corrected chi connectivity index (χ2v) is 6.49. The maximum Gasteiger partial charge on any atom is 0.224 e. The van der Waals surface area contributed by atoms with E-state index >= 15 is 0 Å². The highest BCUT2D eigenvalue weighted by Crippen LogP contribution is 2.19. The van der Waals surface area contributed by atoms with Gasteiger partial charge < -0.3 is 15.6 Å². The largest absolute Gasteiger partial charge is 0.355 e. The summed E-state index contributed by atoms with van der Waals surface area (Å²) in [6.07, 6.45) is 0.561. The molecule has 152 valence electrons. The Balaban J connectivity index is 0.00000196. The molecule has 1 amide bonds.